The van der Waals surface area contributed by atoms with Crippen molar-refractivity contribution in [2.24, 2.45) is 0 Å². The molecule has 2 aliphatic heterocycles. The lowest BCUT2D eigenvalue weighted by atomic mass is 9.94. The summed E-state index contributed by atoms with van der Waals surface area (Å²) in [5, 5.41) is 0. The third-order valence-electron chi connectivity index (χ3n) is 6.98. The largest absolute Gasteiger partial charge is 0.478 e. The van der Waals surface area contributed by atoms with Crippen molar-refractivity contribution in [2.45, 2.75) is 45.1 Å². The van der Waals surface area contributed by atoms with Crippen molar-refractivity contribution in [2.75, 3.05) is 50.6 Å². The minimum Gasteiger partial charge on any atom is -0.478 e. The highest BCUT2D eigenvalue weighted by Gasteiger charge is 2.29. The first-order chi connectivity index (χ1) is 16.8. The molecule has 0 amide bonds. The fourth-order valence-corrected chi connectivity index (χ4v) is 5.97. The Morgan fingerprint density at radius 3 is 2.66 bits per heavy atom. The van der Waals surface area contributed by atoms with Gasteiger partial charge in [0.05, 0.1) is 37.8 Å². The normalized spacial score (nSPS) is 21.3. The molecule has 1 aliphatic carbocycles. The minimum atomic E-state index is -3.18. The Bertz CT molecular complexity index is 1220. The van der Waals surface area contributed by atoms with Gasteiger partial charge in [0.25, 0.3) is 0 Å². The van der Waals surface area contributed by atoms with E-state index in [1.165, 1.54) is 6.26 Å². The molecule has 0 spiro atoms. The monoisotopic (exact) mass is 499 g/mol. The van der Waals surface area contributed by atoms with Gasteiger partial charge in [0.2, 0.25) is 15.9 Å². The summed E-state index contributed by atoms with van der Waals surface area (Å²) in [6.45, 7) is 7.73. The molecule has 2 aromatic heterocycles. The second kappa shape index (κ2) is 9.83. The number of fused-ring (bicyclic) bond motifs is 1. The van der Waals surface area contributed by atoms with Gasteiger partial charge in [-0.15, -0.1) is 0 Å². The van der Waals surface area contributed by atoms with E-state index < -0.39 is 10.0 Å². The van der Waals surface area contributed by atoms with Gasteiger partial charge in [-0.25, -0.2) is 27.7 Å². The van der Waals surface area contributed by atoms with Crippen molar-refractivity contribution >= 4 is 21.9 Å². The van der Waals surface area contributed by atoms with E-state index in [9.17, 15) is 8.42 Å². The van der Waals surface area contributed by atoms with Crippen LogP contribution in [0, 0.1) is 0 Å². The van der Waals surface area contributed by atoms with Gasteiger partial charge in [-0.2, -0.15) is 0 Å². The van der Waals surface area contributed by atoms with Gasteiger partial charge in [0.1, 0.15) is 5.82 Å². The smallest absolute Gasteiger partial charge is 0.214 e. The van der Waals surface area contributed by atoms with Gasteiger partial charge in [-0.1, -0.05) is 12.2 Å². The third-order valence-corrected chi connectivity index (χ3v) is 8.28. The summed E-state index contributed by atoms with van der Waals surface area (Å²) >= 11 is 0. The Morgan fingerprint density at radius 1 is 1.14 bits per heavy atom. The zero-order valence-electron chi connectivity index (χ0n) is 20.6. The second-order valence-electron chi connectivity index (χ2n) is 9.44. The van der Waals surface area contributed by atoms with Crippen LogP contribution in [0.1, 0.15) is 49.6 Å². The standard InChI is InChI=1S/C25H33N5O4S/c1-4-34-24-14-20(19-6-5-7-21(19)26-24)25-27-22(18-8-10-29(11-9-18)35(3,31)32)15-23(28-25)30-12-13-33-16-17(30)2/h5-6,14-15,17-18H,4,7-13,16H2,1-3H3/t17-/m1/s1. The molecule has 0 N–H and O–H groups in total. The quantitative estimate of drug-likeness (QED) is 0.599. The molecule has 0 saturated carbocycles. The van der Waals surface area contributed by atoms with Gasteiger partial charge >= 0.3 is 0 Å². The van der Waals surface area contributed by atoms with E-state index in [0.29, 0.717) is 44.6 Å². The van der Waals surface area contributed by atoms with E-state index in [1.54, 1.807) is 4.31 Å². The van der Waals surface area contributed by atoms with Crippen LogP contribution >= 0.6 is 0 Å². The molecule has 10 heteroatoms. The van der Waals surface area contributed by atoms with Crippen LogP contribution in [0.25, 0.3) is 17.5 Å². The number of rotatable bonds is 6. The maximum Gasteiger partial charge on any atom is 0.214 e. The van der Waals surface area contributed by atoms with Crippen molar-refractivity contribution in [1.29, 1.82) is 0 Å². The molecule has 0 bridgehead atoms. The SMILES string of the molecule is CCOc1cc(-c2nc(C3CCN(S(C)(=O)=O)CC3)cc(N3CCOC[C@H]3C)n2)c2c(n1)CC=C2. The van der Waals surface area contributed by atoms with E-state index >= 15 is 0 Å². The molecule has 35 heavy (non-hydrogen) atoms. The molecule has 188 valence electrons. The summed E-state index contributed by atoms with van der Waals surface area (Å²) in [5.41, 5.74) is 3.90. The fraction of sp³-hybridized carbons (Fsp3) is 0.560. The van der Waals surface area contributed by atoms with Gasteiger partial charge in [0, 0.05) is 60.9 Å². The highest BCUT2D eigenvalue weighted by atomic mass is 32.2. The van der Waals surface area contributed by atoms with Crippen molar-refractivity contribution < 1.29 is 17.9 Å². The average Bonchev–Trinajstić information content (AvgIpc) is 3.32. The van der Waals surface area contributed by atoms with Crippen LogP contribution in [0.4, 0.5) is 5.82 Å². The summed E-state index contributed by atoms with van der Waals surface area (Å²) in [6.07, 6.45) is 7.71. The predicted molar refractivity (Wildman–Crippen MR) is 135 cm³/mol. The molecule has 4 heterocycles. The van der Waals surface area contributed by atoms with Crippen LogP contribution < -0.4 is 9.64 Å². The zero-order chi connectivity index (χ0) is 24.6. The van der Waals surface area contributed by atoms with Crippen LogP contribution in [0.5, 0.6) is 5.88 Å². The van der Waals surface area contributed by atoms with Crippen LogP contribution in [0.15, 0.2) is 18.2 Å². The maximum atomic E-state index is 12.0. The molecule has 2 fully saturated rings. The van der Waals surface area contributed by atoms with Crippen molar-refractivity contribution in [3.05, 3.63) is 35.2 Å². The molecule has 0 aromatic carbocycles. The number of hydrogen-bond donors (Lipinski definition) is 0. The third kappa shape index (κ3) is 5.05. The van der Waals surface area contributed by atoms with E-state index in [4.69, 9.17) is 19.4 Å². The number of sulfonamides is 1. The summed E-state index contributed by atoms with van der Waals surface area (Å²) in [5.74, 6) is 2.30. The number of morpholine rings is 1. The Balaban J connectivity index is 1.57. The van der Waals surface area contributed by atoms with E-state index in [1.807, 2.05) is 13.0 Å². The van der Waals surface area contributed by atoms with Crippen molar-refractivity contribution in [3.63, 3.8) is 0 Å². The molecule has 0 unspecified atom stereocenters. The molecule has 2 aromatic rings. The summed E-state index contributed by atoms with van der Waals surface area (Å²) < 4.78 is 37.0. The van der Waals surface area contributed by atoms with Gasteiger partial charge in [-0.05, 0) is 26.7 Å². The van der Waals surface area contributed by atoms with Gasteiger partial charge < -0.3 is 14.4 Å². The van der Waals surface area contributed by atoms with Gasteiger partial charge in [-0.3, -0.25) is 0 Å². The number of allylic oxidation sites excluding steroid dienone is 1. The number of aromatic nitrogens is 3. The number of pyridine rings is 1. The summed E-state index contributed by atoms with van der Waals surface area (Å²) in [7, 11) is -3.18. The van der Waals surface area contributed by atoms with Crippen molar-refractivity contribution in [1.82, 2.24) is 19.3 Å². The Labute approximate surface area is 207 Å². The topological polar surface area (TPSA) is 97.8 Å². The first-order valence-corrected chi connectivity index (χ1v) is 14.2. The Hall–Kier alpha value is -2.56. The average molecular weight is 500 g/mol. The molecule has 1 atom stereocenters. The number of piperidine rings is 1. The molecule has 3 aliphatic rings. The number of ether oxygens (including phenoxy) is 2. The minimum absolute atomic E-state index is 0.168. The maximum absolute atomic E-state index is 12.0. The molecule has 9 nitrogen and oxygen atoms in total. The van der Waals surface area contributed by atoms with Gasteiger partial charge in [0.15, 0.2) is 5.82 Å². The molecular formula is C25H33N5O4S. The predicted octanol–water partition coefficient (Wildman–Crippen LogP) is 2.87. The number of nitrogens with zero attached hydrogens (tertiary/aromatic N) is 5. The highest BCUT2D eigenvalue weighted by Crippen LogP contribution is 2.36. The first-order valence-electron chi connectivity index (χ1n) is 12.4. The van der Waals surface area contributed by atoms with Crippen molar-refractivity contribution in [3.8, 4) is 17.3 Å². The number of anilines is 1. The summed E-state index contributed by atoms with van der Waals surface area (Å²) in [6, 6.07) is 4.23. The van der Waals surface area contributed by atoms with Crippen LogP contribution in [0.2, 0.25) is 0 Å². The van der Waals surface area contributed by atoms with Crippen LogP contribution in [-0.4, -0.2) is 79.4 Å². The molecule has 2 saturated heterocycles. The zero-order valence-corrected chi connectivity index (χ0v) is 21.4. The fourth-order valence-electron chi connectivity index (χ4n) is 5.10. The van der Waals surface area contributed by atoms with E-state index in [2.05, 4.69) is 35.0 Å². The molecule has 5 rings (SSSR count). The first kappa shape index (κ1) is 24.1. The molecular weight excluding hydrogens is 466 g/mol. The van der Waals surface area contributed by atoms with E-state index in [0.717, 1.165) is 54.1 Å². The lowest BCUT2D eigenvalue weighted by molar-refractivity contribution is 0.0985. The van der Waals surface area contributed by atoms with E-state index in [-0.39, 0.29) is 12.0 Å². The lowest BCUT2D eigenvalue weighted by Gasteiger charge is -2.35. The number of hydrogen-bond acceptors (Lipinski definition) is 8. The highest BCUT2D eigenvalue weighted by molar-refractivity contribution is 7.88. The lowest BCUT2D eigenvalue weighted by Crippen LogP contribution is -2.44. The molecule has 0 radical (unpaired) electrons. The van der Waals surface area contributed by atoms with Crippen LogP contribution in [0.3, 0.4) is 0 Å². The van der Waals surface area contributed by atoms with Crippen LogP contribution in [-0.2, 0) is 21.2 Å². The Kier molecular flexibility index (Phi) is 6.78. The second-order valence-corrected chi connectivity index (χ2v) is 11.4. The summed E-state index contributed by atoms with van der Waals surface area (Å²) in [4.78, 5) is 17.0. The Morgan fingerprint density at radius 2 is 1.94 bits per heavy atom.